The Morgan fingerprint density at radius 1 is 1.09 bits per heavy atom. The van der Waals surface area contributed by atoms with Crippen LogP contribution >= 0.6 is 11.6 Å². The summed E-state index contributed by atoms with van der Waals surface area (Å²) in [5.41, 5.74) is 2.99. The molecule has 118 valence electrons. The summed E-state index contributed by atoms with van der Waals surface area (Å²) >= 11 is 6.52. The summed E-state index contributed by atoms with van der Waals surface area (Å²) in [5, 5.41) is 0.661. The number of halogens is 1. The minimum Gasteiger partial charge on any atom is -0.305 e. The van der Waals surface area contributed by atoms with E-state index in [1.54, 1.807) is 0 Å². The highest BCUT2D eigenvalue weighted by Gasteiger charge is 2.30. The summed E-state index contributed by atoms with van der Waals surface area (Å²) in [6.07, 6.45) is 2.40. The normalized spacial score (nSPS) is 18.0. The molecular formula is C18H17ClNO2S+. The van der Waals surface area contributed by atoms with Crippen molar-refractivity contribution in [3.63, 3.8) is 0 Å². The van der Waals surface area contributed by atoms with Gasteiger partial charge in [0.15, 0.2) is 0 Å². The van der Waals surface area contributed by atoms with E-state index in [0.29, 0.717) is 28.9 Å². The molecule has 0 aliphatic carbocycles. The summed E-state index contributed by atoms with van der Waals surface area (Å²) in [7, 11) is 0. The maximum absolute atomic E-state index is 12.5. The van der Waals surface area contributed by atoms with Crippen molar-refractivity contribution >= 4 is 34.9 Å². The van der Waals surface area contributed by atoms with Gasteiger partial charge >= 0.3 is 11.7 Å². The van der Waals surface area contributed by atoms with Gasteiger partial charge in [-0.1, -0.05) is 35.9 Å². The van der Waals surface area contributed by atoms with Crippen LogP contribution in [0.5, 0.6) is 0 Å². The van der Waals surface area contributed by atoms with Gasteiger partial charge < -0.3 is 4.90 Å². The molecule has 1 unspecified atom stereocenters. The number of amides is 1. The maximum Gasteiger partial charge on any atom is 0.463 e. The zero-order valence-electron chi connectivity index (χ0n) is 12.6. The Hall–Kier alpha value is -1.78. The van der Waals surface area contributed by atoms with E-state index in [1.807, 2.05) is 53.4 Å². The monoisotopic (exact) mass is 346 g/mol. The number of nitrogens with zero attached hydrogens (tertiary/aromatic N) is 1. The predicted molar refractivity (Wildman–Crippen MR) is 93.7 cm³/mol. The molecule has 0 bridgehead atoms. The van der Waals surface area contributed by atoms with Gasteiger partial charge in [-0.2, -0.15) is 0 Å². The predicted octanol–water partition coefficient (Wildman–Crippen LogP) is 4.53. The Morgan fingerprint density at radius 3 is 2.43 bits per heavy atom. The van der Waals surface area contributed by atoms with Gasteiger partial charge in [0.1, 0.15) is 0 Å². The highest BCUT2D eigenvalue weighted by atomic mass is 35.5. The second-order valence-electron chi connectivity index (χ2n) is 5.65. The molecule has 0 saturated carbocycles. The molecule has 1 aliphatic heterocycles. The summed E-state index contributed by atoms with van der Waals surface area (Å²) in [6.45, 7) is 0. The zero-order chi connectivity index (χ0) is 16.2. The fraction of sp³-hybridized carbons (Fsp3) is 0.278. The lowest BCUT2D eigenvalue weighted by Crippen LogP contribution is -2.38. The lowest BCUT2D eigenvalue weighted by Gasteiger charge is -2.36. The molecule has 0 N–H and O–H groups in total. The lowest BCUT2D eigenvalue weighted by atomic mass is 9.93. The molecule has 1 aliphatic rings. The topological polar surface area (TPSA) is 37.4 Å². The zero-order valence-corrected chi connectivity index (χ0v) is 14.1. The summed E-state index contributed by atoms with van der Waals surface area (Å²) in [6, 6.07) is 15.4. The standard InChI is InChI=1S/C18H17ClNO2S/c19-15-8-10-16(11-9-15)20-17(2-1-3-18(20)21)14-6-4-13(5-7-14)12-23-22/h4-11,17H,1-3,12H2/q+1. The Morgan fingerprint density at radius 2 is 1.78 bits per heavy atom. The molecule has 2 aromatic rings. The third-order valence-electron chi connectivity index (χ3n) is 4.14. The Bertz CT molecular complexity index is 700. The van der Waals surface area contributed by atoms with Crippen molar-refractivity contribution in [2.45, 2.75) is 31.1 Å². The van der Waals surface area contributed by atoms with E-state index >= 15 is 0 Å². The molecule has 5 heteroatoms. The van der Waals surface area contributed by atoms with Crippen molar-refractivity contribution in [3.8, 4) is 0 Å². The third-order valence-corrected chi connectivity index (χ3v) is 4.85. The van der Waals surface area contributed by atoms with Crippen molar-refractivity contribution in [2.24, 2.45) is 0 Å². The van der Waals surface area contributed by atoms with E-state index < -0.39 is 0 Å². The third kappa shape index (κ3) is 3.59. The second kappa shape index (κ2) is 7.20. The van der Waals surface area contributed by atoms with Gasteiger partial charge in [-0.15, -0.1) is 0 Å². The van der Waals surface area contributed by atoms with Crippen molar-refractivity contribution in [2.75, 3.05) is 4.90 Å². The van der Waals surface area contributed by atoms with Gasteiger partial charge in [0.25, 0.3) is 5.75 Å². The van der Waals surface area contributed by atoms with Crippen molar-refractivity contribution in [1.82, 2.24) is 0 Å². The molecule has 1 amide bonds. The van der Waals surface area contributed by atoms with Crippen LogP contribution in [0.1, 0.15) is 36.4 Å². The van der Waals surface area contributed by atoms with E-state index in [9.17, 15) is 9.00 Å². The maximum atomic E-state index is 12.5. The first-order valence-corrected chi connectivity index (χ1v) is 8.89. The summed E-state index contributed by atoms with van der Waals surface area (Å²) in [5.74, 6) is 0.605. The number of anilines is 1. The number of hydrogen-bond acceptors (Lipinski definition) is 2. The van der Waals surface area contributed by atoms with Gasteiger partial charge in [-0.3, -0.25) is 4.79 Å². The molecule has 1 heterocycles. The summed E-state index contributed by atoms with van der Waals surface area (Å²) < 4.78 is 10.6. The molecule has 3 rings (SSSR count). The van der Waals surface area contributed by atoms with Crippen LogP contribution < -0.4 is 4.90 Å². The first-order chi connectivity index (χ1) is 11.2. The first-order valence-electron chi connectivity index (χ1n) is 7.60. The Kier molecular flexibility index (Phi) is 5.03. The molecule has 0 aromatic heterocycles. The number of piperidine rings is 1. The van der Waals surface area contributed by atoms with Gasteiger partial charge in [-0.25, -0.2) is 0 Å². The minimum absolute atomic E-state index is 0.0337. The molecule has 2 aromatic carbocycles. The van der Waals surface area contributed by atoms with Crippen LogP contribution in [0.25, 0.3) is 0 Å². The number of carbonyl (C=O) groups is 1. The van der Waals surface area contributed by atoms with Crippen LogP contribution in [0.15, 0.2) is 48.5 Å². The molecular weight excluding hydrogens is 330 g/mol. The number of rotatable bonds is 4. The number of carbonyl (C=O) groups excluding carboxylic acids is 1. The van der Waals surface area contributed by atoms with Crippen LogP contribution in [-0.2, 0) is 26.4 Å². The average molecular weight is 347 g/mol. The second-order valence-corrected chi connectivity index (χ2v) is 6.61. The fourth-order valence-corrected chi connectivity index (χ4v) is 3.47. The van der Waals surface area contributed by atoms with Gasteiger partial charge in [0, 0.05) is 26.9 Å². The SMILES string of the molecule is O=[S+]Cc1ccc(C2CCCC(=O)N2c2ccc(Cl)cc2)cc1. The molecule has 23 heavy (non-hydrogen) atoms. The van der Waals surface area contributed by atoms with Crippen LogP contribution in [0, 0.1) is 0 Å². The summed E-state index contributed by atoms with van der Waals surface area (Å²) in [4.78, 5) is 14.4. The molecule has 1 fully saturated rings. The lowest BCUT2D eigenvalue weighted by molar-refractivity contribution is -0.120. The number of hydrogen-bond donors (Lipinski definition) is 0. The van der Waals surface area contributed by atoms with Gasteiger partial charge in [0.2, 0.25) is 5.91 Å². The van der Waals surface area contributed by atoms with Crippen molar-refractivity contribution in [1.29, 1.82) is 0 Å². The molecule has 0 radical (unpaired) electrons. The smallest absolute Gasteiger partial charge is 0.305 e. The average Bonchev–Trinajstić information content (AvgIpc) is 2.57. The van der Waals surface area contributed by atoms with E-state index in [-0.39, 0.29) is 11.9 Å². The van der Waals surface area contributed by atoms with Crippen molar-refractivity contribution < 1.29 is 9.00 Å². The highest BCUT2D eigenvalue weighted by Crippen LogP contribution is 2.36. The van der Waals surface area contributed by atoms with Gasteiger partial charge in [0.05, 0.1) is 6.04 Å². The molecule has 1 saturated heterocycles. The highest BCUT2D eigenvalue weighted by molar-refractivity contribution is 7.64. The largest absolute Gasteiger partial charge is 0.463 e. The van der Waals surface area contributed by atoms with Crippen LogP contribution in [0.3, 0.4) is 0 Å². The van der Waals surface area contributed by atoms with E-state index in [4.69, 9.17) is 11.6 Å². The fourth-order valence-electron chi connectivity index (χ4n) is 3.02. The Labute approximate surface area is 144 Å². The molecule has 1 atom stereocenters. The minimum atomic E-state index is 0.0337. The van der Waals surface area contributed by atoms with Crippen LogP contribution in [0.2, 0.25) is 5.02 Å². The Balaban J connectivity index is 1.92. The first kappa shape index (κ1) is 16.1. The van der Waals surface area contributed by atoms with Crippen LogP contribution in [-0.4, -0.2) is 5.91 Å². The van der Waals surface area contributed by atoms with Crippen LogP contribution in [0.4, 0.5) is 5.69 Å². The van der Waals surface area contributed by atoms with E-state index in [0.717, 1.165) is 29.7 Å². The number of benzene rings is 2. The molecule has 0 spiro atoms. The van der Waals surface area contributed by atoms with E-state index in [2.05, 4.69) is 0 Å². The van der Waals surface area contributed by atoms with Gasteiger partial charge in [-0.05, 0) is 42.7 Å². The van der Waals surface area contributed by atoms with Crippen molar-refractivity contribution in [3.05, 3.63) is 64.7 Å². The molecule has 3 nitrogen and oxygen atoms in total. The van der Waals surface area contributed by atoms with E-state index in [1.165, 1.54) is 0 Å². The quantitative estimate of drug-likeness (QED) is 0.763.